The fourth-order valence-electron chi connectivity index (χ4n) is 1.59. The van der Waals surface area contributed by atoms with Gasteiger partial charge in [-0.2, -0.15) is 5.10 Å². The number of aromatic nitrogens is 3. The number of ether oxygens (including phenoxy) is 1. The van der Waals surface area contributed by atoms with E-state index < -0.39 is 0 Å². The lowest BCUT2D eigenvalue weighted by Gasteiger charge is -2.07. The molecule has 0 atom stereocenters. The Morgan fingerprint density at radius 3 is 2.89 bits per heavy atom. The van der Waals surface area contributed by atoms with Crippen LogP contribution in [0.4, 0.5) is 5.69 Å². The number of rotatable bonds is 4. The van der Waals surface area contributed by atoms with Crippen molar-refractivity contribution >= 4 is 11.6 Å². The van der Waals surface area contributed by atoms with Crippen LogP contribution in [0, 0.1) is 0 Å². The molecule has 0 spiro atoms. The summed E-state index contributed by atoms with van der Waals surface area (Å²) in [7, 11) is 3.31. The maximum Gasteiger partial charge on any atom is 0.253 e. The number of benzene rings is 1. The predicted octanol–water partition coefficient (Wildman–Crippen LogP) is 0.336. The van der Waals surface area contributed by atoms with Gasteiger partial charge in [0.25, 0.3) is 5.91 Å². The zero-order valence-corrected chi connectivity index (χ0v) is 10.8. The van der Waals surface area contributed by atoms with Crippen LogP contribution in [0.3, 0.4) is 0 Å². The van der Waals surface area contributed by atoms with Crippen LogP contribution in [-0.2, 0) is 13.6 Å². The Hall–Kier alpha value is -2.57. The molecular formula is C12H15N5O2. The van der Waals surface area contributed by atoms with Gasteiger partial charge in [0.1, 0.15) is 12.1 Å². The predicted molar refractivity (Wildman–Crippen MR) is 69.6 cm³/mol. The molecule has 1 aromatic carbocycles. The van der Waals surface area contributed by atoms with Gasteiger partial charge in [0.05, 0.1) is 19.2 Å². The fraction of sp³-hybridized carbons (Fsp3) is 0.250. The van der Waals surface area contributed by atoms with Crippen LogP contribution in [0.5, 0.6) is 5.75 Å². The van der Waals surface area contributed by atoms with E-state index in [9.17, 15) is 4.79 Å². The van der Waals surface area contributed by atoms with Gasteiger partial charge in [0.2, 0.25) is 0 Å². The number of hydrogen-bond donors (Lipinski definition) is 2. The molecule has 2 aromatic rings. The Bertz CT molecular complexity index is 594. The molecule has 0 saturated carbocycles. The van der Waals surface area contributed by atoms with Crippen molar-refractivity contribution in [1.29, 1.82) is 0 Å². The molecule has 1 amide bonds. The summed E-state index contributed by atoms with van der Waals surface area (Å²) in [6.45, 7) is 0.255. The van der Waals surface area contributed by atoms with E-state index in [1.54, 1.807) is 43.4 Å². The normalized spacial score (nSPS) is 10.2. The van der Waals surface area contributed by atoms with Crippen molar-refractivity contribution in [3.8, 4) is 5.75 Å². The first-order chi connectivity index (χ1) is 9.10. The number of nitrogens with two attached hydrogens (primary N) is 1. The Balaban J connectivity index is 2.03. The van der Waals surface area contributed by atoms with Crippen LogP contribution in [0.1, 0.15) is 16.2 Å². The SMILES string of the molecule is COc1ccc(C(=O)NCc2ncn(C)n2)c(N)c1. The minimum absolute atomic E-state index is 0.255. The van der Waals surface area contributed by atoms with E-state index in [1.807, 2.05) is 0 Å². The molecule has 2 rings (SSSR count). The lowest BCUT2D eigenvalue weighted by Crippen LogP contribution is -2.24. The minimum atomic E-state index is -0.271. The second kappa shape index (κ2) is 5.38. The quantitative estimate of drug-likeness (QED) is 0.774. The number of methoxy groups -OCH3 is 1. The van der Waals surface area contributed by atoms with E-state index in [2.05, 4.69) is 15.4 Å². The number of anilines is 1. The first-order valence-corrected chi connectivity index (χ1v) is 5.66. The molecule has 0 aliphatic rings. The van der Waals surface area contributed by atoms with E-state index in [-0.39, 0.29) is 12.5 Å². The third kappa shape index (κ3) is 3.01. The van der Waals surface area contributed by atoms with Gasteiger partial charge < -0.3 is 15.8 Å². The first-order valence-electron chi connectivity index (χ1n) is 5.66. The Morgan fingerprint density at radius 1 is 1.53 bits per heavy atom. The van der Waals surface area contributed by atoms with E-state index in [0.29, 0.717) is 22.8 Å². The molecule has 3 N–H and O–H groups in total. The van der Waals surface area contributed by atoms with Crippen LogP contribution in [0.25, 0.3) is 0 Å². The molecule has 0 aliphatic heterocycles. The van der Waals surface area contributed by atoms with Crippen molar-refractivity contribution in [3.05, 3.63) is 35.9 Å². The molecule has 7 heteroatoms. The molecule has 0 bridgehead atoms. The first kappa shape index (κ1) is 12.9. The molecule has 0 saturated heterocycles. The lowest BCUT2D eigenvalue weighted by atomic mass is 10.1. The minimum Gasteiger partial charge on any atom is -0.497 e. The standard InChI is InChI=1S/C12H15N5O2/c1-17-7-15-11(16-17)6-14-12(18)9-4-3-8(19-2)5-10(9)13/h3-5,7H,6,13H2,1-2H3,(H,14,18). The zero-order chi connectivity index (χ0) is 13.8. The van der Waals surface area contributed by atoms with Crippen molar-refractivity contribution in [3.63, 3.8) is 0 Å². The van der Waals surface area contributed by atoms with Crippen LogP contribution in [-0.4, -0.2) is 27.8 Å². The largest absolute Gasteiger partial charge is 0.497 e. The number of nitrogen functional groups attached to an aromatic ring is 1. The molecule has 1 aromatic heterocycles. The van der Waals surface area contributed by atoms with E-state index >= 15 is 0 Å². The van der Waals surface area contributed by atoms with Gasteiger partial charge in [-0.25, -0.2) is 4.98 Å². The number of hydrogen-bond acceptors (Lipinski definition) is 5. The van der Waals surface area contributed by atoms with Gasteiger partial charge in [0.15, 0.2) is 5.82 Å². The highest BCUT2D eigenvalue weighted by Crippen LogP contribution is 2.19. The van der Waals surface area contributed by atoms with Gasteiger partial charge in [-0.05, 0) is 12.1 Å². The summed E-state index contributed by atoms with van der Waals surface area (Å²) in [5.74, 6) is 0.885. The summed E-state index contributed by atoms with van der Waals surface area (Å²) in [5, 5.41) is 6.77. The number of aryl methyl sites for hydroxylation is 1. The number of nitrogens with one attached hydrogen (secondary N) is 1. The average Bonchev–Trinajstić information content (AvgIpc) is 2.81. The van der Waals surface area contributed by atoms with Gasteiger partial charge >= 0.3 is 0 Å². The highest BCUT2D eigenvalue weighted by atomic mass is 16.5. The summed E-state index contributed by atoms with van der Waals surface area (Å²) in [6.07, 6.45) is 1.57. The van der Waals surface area contributed by atoms with Gasteiger partial charge in [0, 0.05) is 18.8 Å². The van der Waals surface area contributed by atoms with Crippen LogP contribution in [0.15, 0.2) is 24.5 Å². The van der Waals surface area contributed by atoms with Gasteiger partial charge in [-0.1, -0.05) is 0 Å². The number of nitrogens with zero attached hydrogens (tertiary/aromatic N) is 3. The Labute approximate surface area is 110 Å². The second-order valence-electron chi connectivity index (χ2n) is 3.97. The van der Waals surface area contributed by atoms with E-state index in [4.69, 9.17) is 10.5 Å². The third-order valence-corrected chi connectivity index (χ3v) is 2.56. The van der Waals surface area contributed by atoms with Crippen LogP contribution < -0.4 is 15.8 Å². The number of carbonyl (C=O) groups is 1. The van der Waals surface area contributed by atoms with Crippen molar-refractivity contribution in [2.45, 2.75) is 6.54 Å². The molecule has 1 heterocycles. The summed E-state index contributed by atoms with van der Waals surface area (Å²) in [6, 6.07) is 4.91. The summed E-state index contributed by atoms with van der Waals surface area (Å²) in [4.78, 5) is 16.0. The highest BCUT2D eigenvalue weighted by Gasteiger charge is 2.11. The van der Waals surface area contributed by atoms with E-state index in [1.165, 1.54) is 0 Å². The number of carbonyl (C=O) groups excluding carboxylic acids is 1. The smallest absolute Gasteiger partial charge is 0.253 e. The van der Waals surface area contributed by atoms with Crippen LogP contribution >= 0.6 is 0 Å². The van der Waals surface area contributed by atoms with Gasteiger partial charge in [-0.15, -0.1) is 0 Å². The van der Waals surface area contributed by atoms with Gasteiger partial charge in [-0.3, -0.25) is 9.48 Å². The monoisotopic (exact) mass is 261 g/mol. The van der Waals surface area contributed by atoms with Crippen LogP contribution in [0.2, 0.25) is 0 Å². The third-order valence-electron chi connectivity index (χ3n) is 2.56. The summed E-state index contributed by atoms with van der Waals surface area (Å²) < 4.78 is 6.60. The molecule has 0 unspecified atom stereocenters. The average molecular weight is 261 g/mol. The second-order valence-corrected chi connectivity index (χ2v) is 3.97. The molecule has 0 radical (unpaired) electrons. The molecule has 7 nitrogen and oxygen atoms in total. The van der Waals surface area contributed by atoms with Crippen molar-refractivity contribution < 1.29 is 9.53 Å². The molecule has 0 aliphatic carbocycles. The Morgan fingerprint density at radius 2 is 2.32 bits per heavy atom. The molecule has 0 fully saturated rings. The highest BCUT2D eigenvalue weighted by molar-refractivity contribution is 5.99. The maximum atomic E-state index is 12.0. The summed E-state index contributed by atoms with van der Waals surface area (Å²) >= 11 is 0. The number of amides is 1. The Kier molecular flexibility index (Phi) is 3.65. The maximum absolute atomic E-state index is 12.0. The van der Waals surface area contributed by atoms with Crippen molar-refractivity contribution in [2.24, 2.45) is 7.05 Å². The van der Waals surface area contributed by atoms with E-state index in [0.717, 1.165) is 0 Å². The van der Waals surface area contributed by atoms with Crippen molar-refractivity contribution in [1.82, 2.24) is 20.1 Å². The summed E-state index contributed by atoms with van der Waals surface area (Å²) in [5.41, 5.74) is 6.56. The molecule has 19 heavy (non-hydrogen) atoms. The van der Waals surface area contributed by atoms with Crippen molar-refractivity contribution in [2.75, 3.05) is 12.8 Å². The zero-order valence-electron chi connectivity index (χ0n) is 10.8. The topological polar surface area (TPSA) is 95.1 Å². The lowest BCUT2D eigenvalue weighted by molar-refractivity contribution is 0.0950. The molecular weight excluding hydrogens is 246 g/mol. The fourth-order valence-corrected chi connectivity index (χ4v) is 1.59. The molecule has 100 valence electrons.